The lowest BCUT2D eigenvalue weighted by molar-refractivity contribution is 0.277. The van der Waals surface area contributed by atoms with Crippen LogP contribution in [0.15, 0.2) is 28.7 Å². The number of hydrogen-bond donors (Lipinski definition) is 1. The fraction of sp³-hybridized carbons (Fsp3) is 0.385. The zero-order valence-electron chi connectivity index (χ0n) is 10.7. The van der Waals surface area contributed by atoms with Crippen LogP contribution < -0.4 is 9.47 Å². The maximum atomic E-state index is 8.74. The van der Waals surface area contributed by atoms with Crippen molar-refractivity contribution in [1.29, 1.82) is 0 Å². The largest absolute Gasteiger partial charge is 0.497 e. The van der Waals surface area contributed by atoms with Gasteiger partial charge in [-0.3, -0.25) is 0 Å². The lowest BCUT2D eigenvalue weighted by Crippen LogP contribution is -2.01. The van der Waals surface area contributed by atoms with E-state index >= 15 is 0 Å². The predicted octanol–water partition coefficient (Wildman–Crippen LogP) is 1.23. The van der Waals surface area contributed by atoms with Gasteiger partial charge in [-0.25, -0.2) is 0 Å². The van der Waals surface area contributed by atoms with Crippen LogP contribution in [0.25, 0.3) is 0 Å². The summed E-state index contributed by atoms with van der Waals surface area (Å²) < 4.78 is 16.0. The number of rotatable bonds is 7. The first-order valence-electron chi connectivity index (χ1n) is 6.01. The number of hydrogen-bond acceptors (Lipinski definition) is 6. The number of benzene rings is 1. The van der Waals surface area contributed by atoms with Crippen LogP contribution in [0.3, 0.4) is 0 Å². The second kappa shape index (κ2) is 6.75. The van der Waals surface area contributed by atoms with Crippen LogP contribution in [0.5, 0.6) is 11.5 Å². The number of methoxy groups -OCH3 is 1. The van der Waals surface area contributed by atoms with Crippen LogP contribution in [0, 0.1) is 0 Å². The molecule has 1 aromatic heterocycles. The molecule has 0 amide bonds. The molecule has 0 aliphatic carbocycles. The average Bonchev–Trinajstić information content (AvgIpc) is 2.87. The van der Waals surface area contributed by atoms with E-state index in [0.29, 0.717) is 31.2 Å². The lowest BCUT2D eigenvalue weighted by atomic mass is 10.3. The molecule has 19 heavy (non-hydrogen) atoms. The van der Waals surface area contributed by atoms with Crippen molar-refractivity contribution in [3.8, 4) is 11.5 Å². The molecule has 6 nitrogen and oxygen atoms in total. The van der Waals surface area contributed by atoms with Crippen LogP contribution in [0.2, 0.25) is 0 Å². The maximum absolute atomic E-state index is 8.74. The average molecular weight is 264 g/mol. The Balaban J connectivity index is 1.81. The monoisotopic (exact) mass is 264 g/mol. The standard InChI is InChI=1S/C13H16N2O4/c1-17-10-3-2-4-11(9-10)18-8-6-13-15-14-12(19-13)5-7-16/h2-4,9,16H,5-8H2,1H3. The second-order valence-corrected chi connectivity index (χ2v) is 3.84. The van der Waals surface area contributed by atoms with E-state index in [1.165, 1.54) is 0 Å². The van der Waals surface area contributed by atoms with Crippen molar-refractivity contribution in [2.24, 2.45) is 0 Å². The van der Waals surface area contributed by atoms with E-state index in [0.717, 1.165) is 11.5 Å². The summed E-state index contributed by atoms with van der Waals surface area (Å²) in [7, 11) is 1.61. The summed E-state index contributed by atoms with van der Waals surface area (Å²) in [5.41, 5.74) is 0. The minimum absolute atomic E-state index is 0.00193. The fourth-order valence-corrected chi connectivity index (χ4v) is 1.53. The number of nitrogens with zero attached hydrogens (tertiary/aromatic N) is 2. The molecule has 0 aliphatic heterocycles. The van der Waals surface area contributed by atoms with Crippen molar-refractivity contribution in [2.75, 3.05) is 20.3 Å². The maximum Gasteiger partial charge on any atom is 0.219 e. The summed E-state index contributed by atoms with van der Waals surface area (Å²) in [5.74, 6) is 2.43. The normalized spacial score (nSPS) is 10.4. The number of aliphatic hydroxyl groups is 1. The number of aliphatic hydroxyl groups excluding tert-OH is 1. The van der Waals surface area contributed by atoms with Gasteiger partial charge in [0, 0.05) is 12.5 Å². The molecule has 0 saturated carbocycles. The minimum Gasteiger partial charge on any atom is -0.497 e. The van der Waals surface area contributed by atoms with Gasteiger partial charge in [0.2, 0.25) is 11.8 Å². The summed E-state index contributed by atoms with van der Waals surface area (Å²) >= 11 is 0. The summed E-state index contributed by atoms with van der Waals surface area (Å²) in [5, 5.41) is 16.4. The Kier molecular flexibility index (Phi) is 4.74. The van der Waals surface area contributed by atoms with Gasteiger partial charge in [-0.2, -0.15) is 0 Å². The molecule has 0 saturated heterocycles. The van der Waals surface area contributed by atoms with E-state index in [2.05, 4.69) is 10.2 Å². The second-order valence-electron chi connectivity index (χ2n) is 3.84. The molecule has 6 heteroatoms. The Hall–Kier alpha value is -2.08. The molecule has 1 aromatic carbocycles. The summed E-state index contributed by atoms with van der Waals surface area (Å²) in [6.45, 7) is 0.440. The molecule has 0 radical (unpaired) electrons. The molecule has 1 N–H and O–H groups in total. The molecule has 0 atom stereocenters. The van der Waals surface area contributed by atoms with Gasteiger partial charge < -0.3 is 19.0 Å². The van der Waals surface area contributed by atoms with Crippen molar-refractivity contribution in [3.63, 3.8) is 0 Å². The van der Waals surface area contributed by atoms with Crippen LogP contribution in [0.4, 0.5) is 0 Å². The highest BCUT2D eigenvalue weighted by Crippen LogP contribution is 2.18. The topological polar surface area (TPSA) is 77.6 Å². The van der Waals surface area contributed by atoms with Gasteiger partial charge >= 0.3 is 0 Å². The number of aromatic nitrogens is 2. The highest BCUT2D eigenvalue weighted by molar-refractivity contribution is 5.32. The zero-order valence-corrected chi connectivity index (χ0v) is 10.7. The molecule has 2 rings (SSSR count). The Morgan fingerprint density at radius 3 is 2.63 bits per heavy atom. The van der Waals surface area contributed by atoms with Gasteiger partial charge in [0.05, 0.1) is 26.7 Å². The van der Waals surface area contributed by atoms with Crippen LogP contribution >= 0.6 is 0 Å². The highest BCUT2D eigenvalue weighted by Gasteiger charge is 2.05. The summed E-state index contributed by atoms with van der Waals surface area (Å²) in [4.78, 5) is 0. The quantitative estimate of drug-likeness (QED) is 0.810. The molecule has 0 aliphatic rings. The summed E-state index contributed by atoms with van der Waals surface area (Å²) in [6.07, 6.45) is 0.902. The van der Waals surface area contributed by atoms with Crippen LogP contribution in [-0.4, -0.2) is 35.6 Å². The molecule has 0 spiro atoms. The van der Waals surface area contributed by atoms with E-state index in [1.807, 2.05) is 24.3 Å². The summed E-state index contributed by atoms with van der Waals surface area (Å²) in [6, 6.07) is 7.38. The number of ether oxygens (including phenoxy) is 2. The van der Waals surface area contributed by atoms with Gasteiger partial charge in [-0.05, 0) is 12.1 Å². The van der Waals surface area contributed by atoms with Gasteiger partial charge in [0.15, 0.2) is 0 Å². The van der Waals surface area contributed by atoms with Crippen molar-refractivity contribution in [3.05, 3.63) is 36.0 Å². The first-order valence-corrected chi connectivity index (χ1v) is 6.01. The van der Waals surface area contributed by atoms with Crippen LogP contribution in [0.1, 0.15) is 11.8 Å². The lowest BCUT2D eigenvalue weighted by Gasteiger charge is -2.06. The predicted molar refractivity (Wildman–Crippen MR) is 67.3 cm³/mol. The van der Waals surface area contributed by atoms with E-state index in [1.54, 1.807) is 7.11 Å². The highest BCUT2D eigenvalue weighted by atomic mass is 16.5. The first kappa shape index (κ1) is 13.4. The van der Waals surface area contributed by atoms with Gasteiger partial charge in [-0.15, -0.1) is 10.2 Å². The van der Waals surface area contributed by atoms with E-state index < -0.39 is 0 Å². The minimum atomic E-state index is 0.00193. The first-order chi connectivity index (χ1) is 9.31. The molecule has 2 aromatic rings. The third kappa shape index (κ3) is 3.96. The van der Waals surface area contributed by atoms with Gasteiger partial charge in [0.25, 0.3) is 0 Å². The van der Waals surface area contributed by atoms with Gasteiger partial charge in [0.1, 0.15) is 11.5 Å². The van der Waals surface area contributed by atoms with Gasteiger partial charge in [-0.1, -0.05) is 6.07 Å². The Morgan fingerprint density at radius 2 is 1.89 bits per heavy atom. The van der Waals surface area contributed by atoms with Crippen molar-refractivity contribution >= 4 is 0 Å². The Bertz CT molecular complexity index is 513. The Labute approximate surface area is 111 Å². The van der Waals surface area contributed by atoms with Crippen molar-refractivity contribution in [1.82, 2.24) is 10.2 Å². The molecule has 0 unspecified atom stereocenters. The molecule has 1 heterocycles. The molecular weight excluding hydrogens is 248 g/mol. The third-order valence-electron chi connectivity index (χ3n) is 2.46. The zero-order chi connectivity index (χ0) is 13.5. The third-order valence-corrected chi connectivity index (χ3v) is 2.46. The van der Waals surface area contributed by atoms with E-state index in [9.17, 15) is 0 Å². The SMILES string of the molecule is COc1cccc(OCCc2nnc(CCO)o2)c1. The van der Waals surface area contributed by atoms with Crippen molar-refractivity contribution < 1.29 is 19.0 Å². The molecule has 0 fully saturated rings. The van der Waals surface area contributed by atoms with E-state index in [-0.39, 0.29) is 6.61 Å². The smallest absolute Gasteiger partial charge is 0.219 e. The Morgan fingerprint density at radius 1 is 1.16 bits per heavy atom. The molecule has 102 valence electrons. The molecular formula is C13H16N2O4. The van der Waals surface area contributed by atoms with Crippen molar-refractivity contribution in [2.45, 2.75) is 12.8 Å². The molecule has 0 bridgehead atoms. The van der Waals surface area contributed by atoms with Crippen LogP contribution in [-0.2, 0) is 12.8 Å². The fourth-order valence-electron chi connectivity index (χ4n) is 1.53. The van der Waals surface area contributed by atoms with E-state index in [4.69, 9.17) is 19.0 Å².